The van der Waals surface area contributed by atoms with Crippen LogP contribution in [0.3, 0.4) is 0 Å². The fraction of sp³-hybridized carbons (Fsp3) is 0.281. The van der Waals surface area contributed by atoms with E-state index >= 15 is 0 Å². The molecule has 8 aromatic rings. The lowest BCUT2D eigenvalue weighted by Gasteiger charge is -2.28. The molecule has 0 saturated heterocycles. The Kier molecular flexibility index (Phi) is 12.8. The van der Waals surface area contributed by atoms with Crippen LogP contribution < -0.4 is 4.90 Å². The van der Waals surface area contributed by atoms with Gasteiger partial charge in [0.1, 0.15) is 11.6 Å². The number of hydrogen-bond donors (Lipinski definition) is 1. The minimum Gasteiger partial charge on any atom is -0.507 e. The van der Waals surface area contributed by atoms with E-state index in [2.05, 4.69) is 247 Å². The van der Waals surface area contributed by atoms with Gasteiger partial charge in [-0.1, -0.05) is 181 Å². The smallest absolute Gasteiger partial charge is 0.149 e. The zero-order chi connectivity index (χ0) is 49.8. The molecule has 0 spiro atoms. The highest BCUT2D eigenvalue weighted by Gasteiger charge is 2.30. The first-order valence-electron chi connectivity index (χ1n) is 24.3. The number of phenols is 1. The van der Waals surface area contributed by atoms with Crippen LogP contribution in [0.1, 0.15) is 118 Å². The van der Waals surface area contributed by atoms with E-state index in [4.69, 9.17) is 9.97 Å². The van der Waals surface area contributed by atoms with Gasteiger partial charge in [-0.25, -0.2) is 4.98 Å². The lowest BCUT2D eigenvalue weighted by Crippen LogP contribution is -2.17. The first kappa shape index (κ1) is 48.5. The van der Waals surface area contributed by atoms with Crippen molar-refractivity contribution in [1.29, 1.82) is 0 Å². The molecule has 69 heavy (non-hydrogen) atoms. The summed E-state index contributed by atoms with van der Waals surface area (Å²) in [5.41, 5.74) is 17.5. The van der Waals surface area contributed by atoms with Crippen LogP contribution in [-0.4, -0.2) is 26.7 Å². The van der Waals surface area contributed by atoms with Crippen molar-refractivity contribution in [2.75, 3.05) is 11.9 Å². The van der Waals surface area contributed by atoms with Crippen molar-refractivity contribution in [1.82, 2.24) is 14.5 Å². The monoisotopic (exact) mass is 911 g/mol. The fourth-order valence-electron chi connectivity index (χ4n) is 9.23. The normalized spacial score (nSPS) is 12.8. The standard InChI is InChI=1S/C64H70N4O/c1-16-50(41(2)67(15)49-26-21-18-22-27-49)43-32-33-65-55(37-43)45-34-44(35-47(36-45)62(6,7)8)52-28-23-29-56-58(52)66-60(53-38-48(63(9,10)11)39-54(59(53)69)64(12,13)14)68(56)57-40-46(61(3,4)5)30-31-51(57)42-24-19-17-20-25-42/h16-40,69H,1H2,2-15H3/b50-41-. The third kappa shape index (κ3) is 9.70. The van der Waals surface area contributed by atoms with Crippen molar-refractivity contribution in [3.63, 3.8) is 0 Å². The number of benzene rings is 6. The molecule has 1 N–H and O–H groups in total. The van der Waals surface area contributed by atoms with Gasteiger partial charge in [0.15, 0.2) is 0 Å². The van der Waals surface area contributed by atoms with E-state index in [9.17, 15) is 5.11 Å². The van der Waals surface area contributed by atoms with Crippen molar-refractivity contribution in [3.8, 4) is 56.3 Å². The summed E-state index contributed by atoms with van der Waals surface area (Å²) in [6, 6.07) is 49.8. The average molecular weight is 911 g/mol. The largest absolute Gasteiger partial charge is 0.507 e. The maximum absolute atomic E-state index is 12.6. The minimum atomic E-state index is -0.336. The molecule has 0 saturated carbocycles. The zero-order valence-electron chi connectivity index (χ0n) is 43.4. The van der Waals surface area contributed by atoms with Crippen LogP contribution in [0.2, 0.25) is 0 Å². The number of pyridine rings is 1. The second-order valence-corrected chi connectivity index (χ2v) is 22.8. The third-order valence-electron chi connectivity index (χ3n) is 13.6. The molecule has 0 atom stereocenters. The summed E-state index contributed by atoms with van der Waals surface area (Å²) < 4.78 is 2.31. The summed E-state index contributed by atoms with van der Waals surface area (Å²) in [5.74, 6) is 0.943. The molecule has 5 heteroatoms. The minimum absolute atomic E-state index is 0.132. The summed E-state index contributed by atoms with van der Waals surface area (Å²) >= 11 is 0. The molecule has 352 valence electrons. The van der Waals surface area contributed by atoms with Gasteiger partial charge in [0.05, 0.1) is 28.0 Å². The molecule has 0 bridgehead atoms. The Morgan fingerprint density at radius 3 is 1.83 bits per heavy atom. The maximum atomic E-state index is 12.6. The van der Waals surface area contributed by atoms with Crippen LogP contribution in [0.4, 0.5) is 5.69 Å². The van der Waals surface area contributed by atoms with Gasteiger partial charge in [-0.05, 0) is 117 Å². The topological polar surface area (TPSA) is 54.2 Å². The van der Waals surface area contributed by atoms with Gasteiger partial charge in [-0.3, -0.25) is 9.55 Å². The van der Waals surface area contributed by atoms with Crippen molar-refractivity contribution in [2.24, 2.45) is 0 Å². The molecule has 0 aliphatic heterocycles. The molecule has 0 fully saturated rings. The Bertz CT molecular complexity index is 3230. The van der Waals surface area contributed by atoms with Crippen LogP contribution in [0.25, 0.3) is 67.2 Å². The van der Waals surface area contributed by atoms with Crippen molar-refractivity contribution in [3.05, 3.63) is 192 Å². The van der Waals surface area contributed by atoms with Gasteiger partial charge < -0.3 is 10.0 Å². The fourth-order valence-corrected chi connectivity index (χ4v) is 9.23. The van der Waals surface area contributed by atoms with Crippen LogP contribution in [0.5, 0.6) is 5.75 Å². The highest BCUT2D eigenvalue weighted by atomic mass is 16.3. The van der Waals surface area contributed by atoms with Crippen molar-refractivity contribution in [2.45, 2.75) is 112 Å². The Balaban J connectivity index is 1.43. The molecule has 0 aliphatic rings. The summed E-state index contributed by atoms with van der Waals surface area (Å²) in [4.78, 5) is 13.0. The predicted octanol–water partition coefficient (Wildman–Crippen LogP) is 17.0. The van der Waals surface area contributed by atoms with E-state index in [1.165, 1.54) is 11.1 Å². The SMILES string of the molecule is C=C/C(=C(\C)N(C)c1ccccc1)c1ccnc(-c2cc(-c3cccc4c3nc(-c3cc(C(C)(C)C)cc(C(C)(C)C)c3O)n4-c3cc(C(C)(C)C)ccc3-c3ccccc3)cc(C(C)(C)C)c2)c1. The van der Waals surface area contributed by atoms with Crippen LogP contribution in [0, 0.1) is 0 Å². The quantitative estimate of drug-likeness (QED) is 0.147. The molecular formula is C64H70N4O. The van der Waals surface area contributed by atoms with Gasteiger partial charge in [0.2, 0.25) is 0 Å². The van der Waals surface area contributed by atoms with Crippen LogP contribution in [0.15, 0.2) is 164 Å². The number of aromatic nitrogens is 3. The van der Waals surface area contributed by atoms with Crippen molar-refractivity contribution < 1.29 is 5.11 Å². The first-order valence-corrected chi connectivity index (χ1v) is 24.3. The van der Waals surface area contributed by atoms with Gasteiger partial charge in [-0.15, -0.1) is 0 Å². The van der Waals surface area contributed by atoms with Crippen molar-refractivity contribution >= 4 is 22.3 Å². The van der Waals surface area contributed by atoms with Gasteiger partial charge in [0.25, 0.3) is 0 Å². The van der Waals surface area contributed by atoms with Crippen LogP contribution in [-0.2, 0) is 21.7 Å². The molecule has 0 radical (unpaired) electrons. The van der Waals surface area contributed by atoms with Gasteiger partial charge in [0, 0.05) is 52.5 Å². The molecule has 5 nitrogen and oxygen atoms in total. The summed E-state index contributed by atoms with van der Waals surface area (Å²) in [6.07, 6.45) is 3.85. The summed E-state index contributed by atoms with van der Waals surface area (Å²) in [5, 5.41) is 12.6. The highest BCUT2D eigenvalue weighted by molar-refractivity contribution is 5.98. The Labute approximate surface area is 412 Å². The van der Waals surface area contributed by atoms with E-state index in [1.54, 1.807) is 0 Å². The first-order chi connectivity index (χ1) is 32.4. The highest BCUT2D eigenvalue weighted by Crippen LogP contribution is 2.46. The lowest BCUT2D eigenvalue weighted by molar-refractivity contribution is 0.446. The van der Waals surface area contributed by atoms with E-state index < -0.39 is 0 Å². The van der Waals surface area contributed by atoms with E-state index in [0.29, 0.717) is 11.4 Å². The number of phenolic OH excluding ortho intramolecular Hbond substituents is 1. The third-order valence-corrected chi connectivity index (χ3v) is 13.6. The summed E-state index contributed by atoms with van der Waals surface area (Å²) in [7, 11) is 2.10. The number of aromatic hydroxyl groups is 1. The lowest BCUT2D eigenvalue weighted by atomic mass is 9.79. The molecule has 0 amide bonds. The maximum Gasteiger partial charge on any atom is 0.149 e. The number of allylic oxidation sites excluding steroid dienone is 3. The molecule has 2 aromatic heterocycles. The predicted molar refractivity (Wildman–Crippen MR) is 295 cm³/mol. The number of rotatable bonds is 9. The van der Waals surface area contributed by atoms with E-state index in [-0.39, 0.29) is 27.4 Å². The second-order valence-electron chi connectivity index (χ2n) is 22.8. The van der Waals surface area contributed by atoms with E-state index in [0.717, 1.165) is 83.9 Å². The molecule has 0 unspecified atom stereocenters. The number of nitrogens with zero attached hydrogens (tertiary/aromatic N) is 4. The zero-order valence-corrected chi connectivity index (χ0v) is 43.4. The average Bonchev–Trinajstić information content (AvgIpc) is 3.70. The second kappa shape index (κ2) is 18.2. The van der Waals surface area contributed by atoms with Gasteiger partial charge >= 0.3 is 0 Å². The molecule has 6 aromatic carbocycles. The van der Waals surface area contributed by atoms with Crippen LogP contribution >= 0.6 is 0 Å². The van der Waals surface area contributed by atoms with E-state index in [1.807, 2.05) is 18.3 Å². The number of anilines is 1. The molecular weight excluding hydrogens is 841 g/mol. The Hall–Kier alpha value is -6.98. The molecule has 0 aliphatic carbocycles. The summed E-state index contributed by atoms with van der Waals surface area (Å²) in [6.45, 7) is 33.2. The Morgan fingerprint density at radius 1 is 0.580 bits per heavy atom. The number of hydrogen-bond acceptors (Lipinski definition) is 4. The molecule has 2 heterocycles. The number of para-hydroxylation sites is 2. The Morgan fingerprint density at radius 2 is 1.20 bits per heavy atom. The van der Waals surface area contributed by atoms with Gasteiger partial charge in [-0.2, -0.15) is 0 Å². The number of fused-ring (bicyclic) bond motifs is 1. The molecule has 8 rings (SSSR count). The number of imidazole rings is 1.